The van der Waals surface area contributed by atoms with Crippen LogP contribution in [0.1, 0.15) is 46.5 Å². The molecule has 0 aliphatic carbocycles. The van der Waals surface area contributed by atoms with Crippen molar-refractivity contribution in [3.8, 4) is 0 Å². The molecular weight excluding hydrogens is 2010 g/mol. The maximum Gasteiger partial charge on any atom is 0.314 e. The van der Waals surface area contributed by atoms with Crippen molar-refractivity contribution in [2.75, 3.05) is 446 Å². The number of carboxylic acid groups (broad SMARTS) is 6. The maximum absolute atomic E-state index is 9.60. The van der Waals surface area contributed by atoms with Gasteiger partial charge in [-0.05, 0) is 20.5 Å². The Bertz CT molecular complexity index is 1520. The molecule has 22 N–H and O–H groups in total. The van der Waals surface area contributed by atoms with E-state index in [2.05, 4.69) is 63.8 Å². The minimum absolute atomic E-state index is 0. The van der Waals surface area contributed by atoms with Crippen LogP contribution in [-0.2, 0) is 124 Å². The molecule has 0 amide bonds. The maximum atomic E-state index is 9.60. The Morgan fingerprint density at radius 1 is 0.319 bits per heavy atom. The fourth-order valence-corrected chi connectivity index (χ4v) is 5.30. The van der Waals surface area contributed by atoms with E-state index < -0.39 is 41.4 Å². The molecule has 0 heterocycles. The third-order valence-corrected chi connectivity index (χ3v) is 11.5. The molecule has 135 heavy (non-hydrogen) atoms. The van der Waals surface area contributed by atoms with Gasteiger partial charge < -0.3 is 210 Å². The Kier molecular flexibility index (Phi) is 323. The van der Waals surface area contributed by atoms with Crippen LogP contribution in [0.3, 0.4) is 0 Å². The van der Waals surface area contributed by atoms with E-state index in [0.717, 1.165) is 276 Å². The Hall–Kier alpha value is -4.44. The summed E-state index contributed by atoms with van der Waals surface area (Å²) in [7, 11) is 37.5. The van der Waals surface area contributed by atoms with Crippen molar-refractivity contribution in [1.29, 1.82) is 0 Å². The third kappa shape index (κ3) is 448. The van der Waals surface area contributed by atoms with E-state index in [0.29, 0.717) is 19.5 Å². The largest absolute Gasteiger partial charge is 0.483 e. The summed E-state index contributed by atoms with van der Waals surface area (Å²) < 4.78 is 96.4. The lowest BCUT2D eigenvalue weighted by molar-refractivity contribution is -0.742. The summed E-state index contributed by atoms with van der Waals surface area (Å²) in [6.45, 7) is 39.5. The van der Waals surface area contributed by atoms with Crippen molar-refractivity contribution in [3.63, 3.8) is 0 Å². The molecule has 53 nitrogen and oxygen atoms in total. The zero-order valence-corrected chi connectivity index (χ0v) is 91.3. The second-order valence-electron chi connectivity index (χ2n) is 22.8. The summed E-state index contributed by atoms with van der Waals surface area (Å²) in [4.78, 5) is 71.7. The molecule has 0 aromatic carbocycles. The number of aliphatic hydroxyl groups excluding tert-OH is 2. The number of ether oxygens (including phenoxy) is 20. The molecule has 0 atom stereocenters. The average molecular weight is 2210 g/mol. The highest BCUT2D eigenvalue weighted by atomic mass is 127. The molecule has 0 fully saturated rings. The topological polar surface area (TPSA) is 706 Å². The van der Waals surface area contributed by atoms with Crippen LogP contribution in [-0.4, -0.2) is 538 Å². The Morgan fingerprint density at radius 2 is 0.415 bits per heavy atom. The first-order valence-corrected chi connectivity index (χ1v) is 41.8. The van der Waals surface area contributed by atoms with Crippen molar-refractivity contribution in [2.24, 2.45) is 5.34 Å². The Balaban J connectivity index is -0.0000000502. The van der Waals surface area contributed by atoms with Gasteiger partial charge in [-0.1, -0.05) is 13.8 Å². The zero-order chi connectivity index (χ0) is 105. The van der Waals surface area contributed by atoms with Crippen molar-refractivity contribution < 1.29 is 180 Å². The van der Waals surface area contributed by atoms with Gasteiger partial charge in [0.2, 0.25) is 0 Å². The molecule has 838 valence electrons. The first-order valence-electron chi connectivity index (χ1n) is 41.8. The Labute approximate surface area is 841 Å². The van der Waals surface area contributed by atoms with Gasteiger partial charge in [0.1, 0.15) is 6.42 Å². The number of carbonyl (C=O) groups is 6. The quantitative estimate of drug-likeness (QED) is 0.00673. The van der Waals surface area contributed by atoms with E-state index in [1.807, 2.05) is 6.92 Å². The molecule has 0 aromatic heterocycles. The number of carboxylic acids is 5. The number of halogens is 3. The van der Waals surface area contributed by atoms with Crippen LogP contribution >= 0.6 is 53.4 Å². The molecule has 0 aliphatic heterocycles. The molecule has 0 radical (unpaired) electrons. The number of hydrogen-bond donors (Lipinski definition) is 22. The Morgan fingerprint density at radius 3 is 0.437 bits per heavy atom. The number of likely N-dealkylation sites (N-methyl/N-ethyl adjacent to an activating group) is 2. The molecule has 0 bridgehead atoms. The van der Waals surface area contributed by atoms with Crippen molar-refractivity contribution >= 4 is 89.7 Å². The number of aliphatic hydroxyl groups is 2. The lowest BCUT2D eigenvalue weighted by Gasteiger charge is -2.01. The predicted molar refractivity (Wildman–Crippen MR) is 540 cm³/mol. The summed E-state index contributed by atoms with van der Waals surface area (Å²) in [5, 5.41) is 120. The molecule has 0 spiro atoms. The second kappa shape index (κ2) is 234. The minimum Gasteiger partial charge on any atom is -0.483 e. The van der Waals surface area contributed by atoms with Crippen LogP contribution < -0.4 is 63.8 Å². The van der Waals surface area contributed by atoms with E-state index in [-0.39, 0.29) is 79.5 Å². The molecule has 0 rings (SSSR count). The van der Waals surface area contributed by atoms with Gasteiger partial charge >= 0.3 is 23.9 Å². The minimum atomic E-state index is -1.50. The van der Waals surface area contributed by atoms with E-state index in [4.69, 9.17) is 171 Å². The summed E-state index contributed by atoms with van der Waals surface area (Å²) in [5.41, 5.74) is 0. The standard InChI is InChI=1S/10C6H15NO2.C4H8O2.2C3H9NO.C3H4O4.C3H6O2.C2H4O2.CH2O2.BrH.ClH.HI.HNO3.HNO2/c10*1-8-5-3-7-4-6-9-2;1-2-3-4(5)6;2*1-4-2-3-5;4-2(5)1-3(6)7;1-2-3(4)5;1-2(3)4;2-1-3;;;;2-1(3)4;2-1-3/h10*7H,3-6H2,1-2H3;2-3H2,1H3,(H,5,6);2*4-5H,2-3H2,1H3;1H2,(H,4,5)(H,6,7);2H2,1H3,(H,4,5);1H3,(H,3,4);1H,(H,2,3);3*1H;(H,2,3,4);(H,2,3). The van der Waals surface area contributed by atoms with Crippen LogP contribution in [0.15, 0.2) is 5.34 Å². The van der Waals surface area contributed by atoms with Gasteiger partial charge in [-0.25, -0.2) is 0 Å². The van der Waals surface area contributed by atoms with Gasteiger partial charge in [0.05, 0.1) is 145 Å². The highest BCUT2D eigenvalue weighted by molar-refractivity contribution is 14.0. The van der Waals surface area contributed by atoms with Crippen LogP contribution in [0, 0.1) is 15.0 Å². The molecule has 56 heteroatoms. The summed E-state index contributed by atoms with van der Waals surface area (Å²) in [6.07, 6.45) is 0.440. The number of methoxy groups -OCH3 is 20. The predicted octanol–water partition coefficient (Wildman–Crippen LogP) is -0.814. The molecular formula is C79H197BrClIN14O39. The lowest BCUT2D eigenvalue weighted by Crippen LogP contribution is -2.23. The van der Waals surface area contributed by atoms with Gasteiger partial charge in [-0.15, -0.1) is 68.4 Å². The lowest BCUT2D eigenvalue weighted by atomic mass is 10.4. The first kappa shape index (κ1) is 186. The summed E-state index contributed by atoms with van der Waals surface area (Å²) in [6, 6.07) is 0. The van der Waals surface area contributed by atoms with E-state index in [1.54, 1.807) is 163 Å². The zero-order valence-electron chi connectivity index (χ0n) is 86.4. The second-order valence-corrected chi connectivity index (χ2v) is 22.8. The van der Waals surface area contributed by atoms with Gasteiger partial charge in [0.15, 0.2) is 5.34 Å². The number of rotatable bonds is 69. The highest BCUT2D eigenvalue weighted by Gasteiger charge is 2.02. The van der Waals surface area contributed by atoms with Gasteiger partial charge in [0, 0.05) is 306 Å². The number of aliphatic carboxylic acids is 5. The van der Waals surface area contributed by atoms with Crippen LogP contribution in [0.5, 0.6) is 0 Å². The molecule has 0 aliphatic rings. The van der Waals surface area contributed by atoms with Crippen molar-refractivity contribution in [3.05, 3.63) is 15.0 Å². The normalized spacial score (nSPS) is 8.88. The molecule has 0 unspecified atom stereocenters. The highest BCUT2D eigenvalue weighted by Crippen LogP contribution is 1.82. The van der Waals surface area contributed by atoms with Crippen LogP contribution in [0.4, 0.5) is 0 Å². The fraction of sp³-hybridized carbons (Fsp3) is 0.924. The smallest absolute Gasteiger partial charge is 0.314 e. The fourth-order valence-electron chi connectivity index (χ4n) is 5.30. The summed E-state index contributed by atoms with van der Waals surface area (Å²) in [5.74, 6) is -4.91. The first-order chi connectivity index (χ1) is 63.4. The molecule has 0 aromatic rings. The van der Waals surface area contributed by atoms with E-state index in [9.17, 15) is 19.2 Å². The number of hydrogen-bond acceptors (Lipinski definition) is 44. The summed E-state index contributed by atoms with van der Waals surface area (Å²) >= 11 is 0. The van der Waals surface area contributed by atoms with Crippen LogP contribution in [0.25, 0.3) is 0 Å². The molecule has 0 saturated heterocycles. The average Bonchev–Trinajstić information content (AvgIpc) is 1.09. The van der Waals surface area contributed by atoms with Crippen LogP contribution in [0.2, 0.25) is 0 Å². The van der Waals surface area contributed by atoms with E-state index >= 15 is 0 Å². The SMILES string of the molecule is Br.CC(=O)O.CCC(=O)O.CCCC(=O)O.CNCCO.CNCCO.COCCNCCOC.COCCNCCOC.COCCNCCOC.COCCNCCOC.COCCNCCOC.COCCNCCOC.COCCNCCOC.COCCNCCOC.COCCNCCOC.COCCNCCOC.Cl.I.O=C(O)CC(=O)O.O=CO.O=NO.O=[N+]([O-])O. The van der Waals surface area contributed by atoms with E-state index in [1.165, 1.54) is 5.34 Å². The molecule has 0 saturated carbocycles. The van der Waals surface area contributed by atoms with Gasteiger partial charge in [0.25, 0.3) is 17.5 Å². The van der Waals surface area contributed by atoms with Gasteiger partial charge in [-0.3, -0.25) is 28.8 Å². The number of nitrogens with one attached hydrogen (secondary N) is 12. The monoisotopic (exact) mass is 2210 g/mol. The van der Waals surface area contributed by atoms with Crippen molar-refractivity contribution in [1.82, 2.24) is 63.8 Å². The van der Waals surface area contributed by atoms with Gasteiger partial charge in [-0.2, -0.15) is 0 Å². The third-order valence-electron chi connectivity index (χ3n) is 11.5. The van der Waals surface area contributed by atoms with Crippen molar-refractivity contribution in [2.45, 2.75) is 46.5 Å². The number of nitrogens with zero attached hydrogens (tertiary/aromatic N) is 2.